The second-order valence-corrected chi connectivity index (χ2v) is 6.84. The van der Waals surface area contributed by atoms with Crippen LogP contribution in [0, 0.1) is 0 Å². The predicted molar refractivity (Wildman–Crippen MR) is 106 cm³/mol. The van der Waals surface area contributed by atoms with E-state index in [2.05, 4.69) is 10.00 Å². The lowest BCUT2D eigenvalue weighted by Crippen LogP contribution is -2.48. The van der Waals surface area contributed by atoms with Crippen LogP contribution < -0.4 is 9.47 Å². The summed E-state index contributed by atoms with van der Waals surface area (Å²) in [5, 5.41) is 4.36. The molecule has 0 saturated carbocycles. The molecule has 0 spiro atoms. The number of hydrogen-bond acceptors (Lipinski definition) is 6. The zero-order valence-electron chi connectivity index (χ0n) is 16.4. The Morgan fingerprint density at radius 2 is 1.83 bits per heavy atom. The van der Waals surface area contributed by atoms with E-state index in [1.165, 1.54) is 0 Å². The van der Waals surface area contributed by atoms with Gasteiger partial charge in [0.05, 0.1) is 19.9 Å². The Balaban J connectivity index is 1.27. The van der Waals surface area contributed by atoms with E-state index in [9.17, 15) is 4.79 Å². The number of rotatable bonds is 7. The monoisotopic (exact) mass is 396 g/mol. The van der Waals surface area contributed by atoms with Crippen molar-refractivity contribution < 1.29 is 18.7 Å². The highest BCUT2D eigenvalue weighted by atomic mass is 16.5. The van der Waals surface area contributed by atoms with E-state index in [0.717, 1.165) is 31.1 Å². The number of ether oxygens (including phenoxy) is 2. The summed E-state index contributed by atoms with van der Waals surface area (Å²) in [6.07, 6.45) is 3.44. The minimum absolute atomic E-state index is 0.0501. The molecule has 3 aromatic rings. The first-order chi connectivity index (χ1) is 14.2. The van der Waals surface area contributed by atoms with Gasteiger partial charge in [-0.2, -0.15) is 5.10 Å². The highest BCUT2D eigenvalue weighted by Gasteiger charge is 2.24. The fourth-order valence-corrected chi connectivity index (χ4v) is 3.25. The van der Waals surface area contributed by atoms with Gasteiger partial charge >= 0.3 is 0 Å². The average molecular weight is 396 g/mol. The van der Waals surface area contributed by atoms with E-state index in [-0.39, 0.29) is 12.6 Å². The number of carbonyl (C=O) groups is 1. The van der Waals surface area contributed by atoms with Crippen LogP contribution in [-0.4, -0.2) is 58.8 Å². The zero-order chi connectivity index (χ0) is 20.1. The summed E-state index contributed by atoms with van der Waals surface area (Å²) >= 11 is 0. The quantitative estimate of drug-likeness (QED) is 0.611. The molecule has 1 aliphatic rings. The van der Waals surface area contributed by atoms with E-state index in [1.807, 2.05) is 41.3 Å². The Morgan fingerprint density at radius 3 is 2.52 bits per heavy atom. The molecule has 2 aromatic heterocycles. The van der Waals surface area contributed by atoms with Crippen molar-refractivity contribution in [3.8, 4) is 11.5 Å². The third kappa shape index (κ3) is 4.78. The third-order valence-electron chi connectivity index (χ3n) is 4.90. The van der Waals surface area contributed by atoms with Gasteiger partial charge in [0, 0.05) is 32.4 Å². The summed E-state index contributed by atoms with van der Waals surface area (Å²) < 4.78 is 17.8. The SMILES string of the molecule is COc1ccc(OCn2ccc(C(=O)N3CCN(Cc4ccco4)CC3)n2)cc1. The summed E-state index contributed by atoms with van der Waals surface area (Å²) in [6, 6.07) is 12.9. The minimum atomic E-state index is -0.0501. The molecule has 0 unspecified atom stereocenters. The number of benzene rings is 1. The third-order valence-corrected chi connectivity index (χ3v) is 4.90. The molecule has 1 aromatic carbocycles. The Morgan fingerprint density at radius 1 is 1.07 bits per heavy atom. The molecule has 1 aliphatic heterocycles. The maximum absolute atomic E-state index is 12.7. The molecule has 152 valence electrons. The molecule has 0 aliphatic carbocycles. The van der Waals surface area contributed by atoms with Crippen molar-refractivity contribution in [3.63, 3.8) is 0 Å². The van der Waals surface area contributed by atoms with Crippen LogP contribution >= 0.6 is 0 Å². The first-order valence-electron chi connectivity index (χ1n) is 9.55. The van der Waals surface area contributed by atoms with Gasteiger partial charge in [0.15, 0.2) is 12.4 Å². The van der Waals surface area contributed by atoms with Crippen molar-refractivity contribution in [1.29, 1.82) is 0 Å². The van der Waals surface area contributed by atoms with E-state index >= 15 is 0 Å². The largest absolute Gasteiger partial charge is 0.497 e. The summed E-state index contributed by atoms with van der Waals surface area (Å²) in [4.78, 5) is 16.9. The summed E-state index contributed by atoms with van der Waals surface area (Å²) in [5.41, 5.74) is 0.433. The lowest BCUT2D eigenvalue weighted by Gasteiger charge is -2.33. The van der Waals surface area contributed by atoms with Crippen molar-refractivity contribution in [2.24, 2.45) is 0 Å². The van der Waals surface area contributed by atoms with Crippen LogP contribution in [0.25, 0.3) is 0 Å². The molecule has 1 fully saturated rings. The highest BCUT2D eigenvalue weighted by molar-refractivity contribution is 5.92. The van der Waals surface area contributed by atoms with Gasteiger partial charge in [0.2, 0.25) is 0 Å². The lowest BCUT2D eigenvalue weighted by molar-refractivity contribution is 0.0612. The normalized spacial score (nSPS) is 14.7. The number of carbonyl (C=O) groups excluding carboxylic acids is 1. The number of amides is 1. The van der Waals surface area contributed by atoms with Crippen molar-refractivity contribution in [1.82, 2.24) is 19.6 Å². The van der Waals surface area contributed by atoms with E-state index in [1.54, 1.807) is 30.3 Å². The van der Waals surface area contributed by atoms with Crippen molar-refractivity contribution >= 4 is 5.91 Å². The second-order valence-electron chi connectivity index (χ2n) is 6.84. The van der Waals surface area contributed by atoms with Crippen molar-refractivity contribution in [3.05, 3.63) is 66.4 Å². The first-order valence-corrected chi connectivity index (χ1v) is 9.55. The van der Waals surface area contributed by atoms with Crippen LogP contribution in [0.5, 0.6) is 11.5 Å². The first kappa shape index (κ1) is 19.1. The maximum Gasteiger partial charge on any atom is 0.274 e. The molecular weight excluding hydrogens is 372 g/mol. The molecule has 29 heavy (non-hydrogen) atoms. The summed E-state index contributed by atoms with van der Waals surface area (Å²) in [7, 11) is 1.62. The van der Waals surface area contributed by atoms with Crippen LogP contribution in [0.2, 0.25) is 0 Å². The van der Waals surface area contributed by atoms with Crippen LogP contribution in [0.15, 0.2) is 59.3 Å². The molecule has 8 heteroatoms. The number of hydrogen-bond donors (Lipinski definition) is 0. The Bertz CT molecular complexity index is 913. The van der Waals surface area contributed by atoms with Gasteiger partial charge in [-0.1, -0.05) is 0 Å². The minimum Gasteiger partial charge on any atom is -0.497 e. The van der Waals surface area contributed by atoms with E-state index in [4.69, 9.17) is 13.9 Å². The number of piperazine rings is 1. The van der Waals surface area contributed by atoms with Crippen molar-refractivity contribution in [2.75, 3.05) is 33.3 Å². The molecule has 1 saturated heterocycles. The van der Waals surface area contributed by atoms with Gasteiger partial charge in [-0.3, -0.25) is 9.69 Å². The van der Waals surface area contributed by atoms with Gasteiger partial charge < -0.3 is 18.8 Å². The molecule has 4 rings (SSSR count). The molecule has 0 N–H and O–H groups in total. The summed E-state index contributed by atoms with van der Waals surface area (Å²) in [5.74, 6) is 2.38. The van der Waals surface area contributed by atoms with Crippen LogP contribution in [0.3, 0.4) is 0 Å². The van der Waals surface area contributed by atoms with Gasteiger partial charge in [0.25, 0.3) is 5.91 Å². The number of furan rings is 1. The standard InChI is InChI=1S/C21H24N4O4/c1-27-17-4-6-18(7-5-17)29-16-25-9-8-20(22-25)21(26)24-12-10-23(11-13-24)15-19-3-2-14-28-19/h2-9,14H,10-13,15-16H2,1H3. The topological polar surface area (TPSA) is 73.0 Å². The maximum atomic E-state index is 12.7. The molecule has 0 bridgehead atoms. The molecule has 0 radical (unpaired) electrons. The molecule has 3 heterocycles. The van der Waals surface area contributed by atoms with Crippen LogP contribution in [-0.2, 0) is 13.3 Å². The second kappa shape index (κ2) is 8.83. The van der Waals surface area contributed by atoms with Gasteiger partial charge in [-0.25, -0.2) is 4.68 Å². The van der Waals surface area contributed by atoms with Gasteiger partial charge in [-0.05, 0) is 42.5 Å². The average Bonchev–Trinajstić information content (AvgIpc) is 3.45. The number of nitrogens with zero attached hydrogens (tertiary/aromatic N) is 4. The zero-order valence-corrected chi connectivity index (χ0v) is 16.4. The summed E-state index contributed by atoms with van der Waals surface area (Å²) in [6.45, 7) is 3.98. The Kier molecular flexibility index (Phi) is 5.81. The Hall–Kier alpha value is -3.26. The Labute approximate surface area is 169 Å². The van der Waals surface area contributed by atoms with E-state index in [0.29, 0.717) is 24.5 Å². The van der Waals surface area contributed by atoms with Gasteiger partial charge in [0.1, 0.15) is 17.3 Å². The fourth-order valence-electron chi connectivity index (χ4n) is 3.25. The molecule has 0 atom stereocenters. The fraction of sp³-hybridized carbons (Fsp3) is 0.333. The van der Waals surface area contributed by atoms with Crippen LogP contribution in [0.4, 0.5) is 0 Å². The van der Waals surface area contributed by atoms with Gasteiger partial charge in [-0.15, -0.1) is 0 Å². The molecule has 1 amide bonds. The number of aromatic nitrogens is 2. The predicted octanol–water partition coefficient (Wildman–Crippen LogP) is 2.48. The number of methoxy groups -OCH3 is 1. The van der Waals surface area contributed by atoms with E-state index < -0.39 is 0 Å². The highest BCUT2D eigenvalue weighted by Crippen LogP contribution is 2.17. The van der Waals surface area contributed by atoms with Crippen LogP contribution in [0.1, 0.15) is 16.2 Å². The molecular formula is C21H24N4O4. The van der Waals surface area contributed by atoms with Crippen molar-refractivity contribution in [2.45, 2.75) is 13.3 Å². The smallest absolute Gasteiger partial charge is 0.274 e. The molecule has 8 nitrogen and oxygen atoms in total. The lowest BCUT2D eigenvalue weighted by atomic mass is 10.2.